The third kappa shape index (κ3) is 4.22. The maximum Gasteiger partial charge on any atom is 0.237 e. The summed E-state index contributed by atoms with van der Waals surface area (Å²) >= 11 is 1.52. The Morgan fingerprint density at radius 2 is 2.12 bits per heavy atom. The van der Waals surface area contributed by atoms with Gasteiger partial charge in [0.2, 0.25) is 5.91 Å². The van der Waals surface area contributed by atoms with E-state index in [1.165, 1.54) is 29.0 Å². The van der Waals surface area contributed by atoms with Crippen molar-refractivity contribution < 1.29 is 4.79 Å². The van der Waals surface area contributed by atoms with Gasteiger partial charge in [-0.15, -0.1) is 21.5 Å². The zero-order valence-corrected chi connectivity index (χ0v) is 18.9. The highest BCUT2D eigenvalue weighted by Gasteiger charge is 2.40. The Morgan fingerprint density at radius 3 is 2.78 bits per heavy atom. The molecule has 32 heavy (non-hydrogen) atoms. The molecule has 3 aromatic heterocycles. The smallest absolute Gasteiger partial charge is 0.237 e. The van der Waals surface area contributed by atoms with E-state index in [9.17, 15) is 4.79 Å². The van der Waals surface area contributed by atoms with E-state index in [1.54, 1.807) is 6.20 Å². The maximum absolute atomic E-state index is 12.0. The SMILES string of the molecule is Cc1cccnc1C1(CNc2ccc(-c3ncc(CNC(=O)C4CCN4)s3)nn2)CCC1. The number of nitrogens with one attached hydrogen (secondary N) is 3. The van der Waals surface area contributed by atoms with Crippen molar-refractivity contribution in [3.05, 3.63) is 52.8 Å². The standard InChI is InChI=1S/C23H27N7OS/c1-15-4-2-10-25-20(15)23(8-3-9-23)14-28-19-6-5-18(29-30-19)22-27-13-16(32-22)12-26-21(31)17-7-11-24-17/h2,4-6,10,13,17,24H,3,7-9,11-12,14H2,1H3,(H,26,31)(H,28,30). The number of thiazole rings is 1. The number of anilines is 1. The van der Waals surface area contributed by atoms with Gasteiger partial charge in [0.25, 0.3) is 0 Å². The molecule has 1 unspecified atom stereocenters. The molecule has 166 valence electrons. The van der Waals surface area contributed by atoms with E-state index in [1.807, 2.05) is 24.4 Å². The lowest BCUT2D eigenvalue weighted by atomic mass is 9.65. The summed E-state index contributed by atoms with van der Waals surface area (Å²) in [4.78, 5) is 22.1. The van der Waals surface area contributed by atoms with Gasteiger partial charge in [0.05, 0.1) is 18.3 Å². The number of rotatable bonds is 8. The molecule has 4 heterocycles. The number of hydrogen-bond acceptors (Lipinski definition) is 8. The van der Waals surface area contributed by atoms with Gasteiger partial charge in [-0.3, -0.25) is 9.78 Å². The molecule has 2 fully saturated rings. The molecule has 3 aromatic rings. The van der Waals surface area contributed by atoms with Gasteiger partial charge in [0.15, 0.2) is 0 Å². The summed E-state index contributed by atoms with van der Waals surface area (Å²) in [5.41, 5.74) is 3.25. The van der Waals surface area contributed by atoms with Crippen LogP contribution in [-0.4, -0.2) is 45.2 Å². The first-order valence-corrected chi connectivity index (χ1v) is 11.9. The van der Waals surface area contributed by atoms with Crippen LogP contribution in [0.3, 0.4) is 0 Å². The first kappa shape index (κ1) is 21.0. The van der Waals surface area contributed by atoms with E-state index in [0.717, 1.165) is 53.7 Å². The van der Waals surface area contributed by atoms with Crippen molar-refractivity contribution in [2.45, 2.75) is 50.6 Å². The third-order valence-electron chi connectivity index (χ3n) is 6.44. The Morgan fingerprint density at radius 1 is 1.25 bits per heavy atom. The largest absolute Gasteiger partial charge is 0.368 e. The molecule has 1 aliphatic carbocycles. The predicted molar refractivity (Wildman–Crippen MR) is 124 cm³/mol. The molecule has 2 aliphatic rings. The molecule has 0 spiro atoms. The van der Waals surface area contributed by atoms with Crippen LogP contribution in [0.1, 0.15) is 41.8 Å². The van der Waals surface area contributed by atoms with Crippen molar-refractivity contribution in [2.24, 2.45) is 0 Å². The first-order chi connectivity index (χ1) is 15.6. The molecule has 3 N–H and O–H groups in total. The second kappa shape index (κ2) is 8.91. The van der Waals surface area contributed by atoms with Crippen molar-refractivity contribution in [3.63, 3.8) is 0 Å². The van der Waals surface area contributed by atoms with E-state index in [4.69, 9.17) is 0 Å². The van der Waals surface area contributed by atoms with Gasteiger partial charge in [0, 0.05) is 29.2 Å². The fourth-order valence-electron chi connectivity index (χ4n) is 4.26. The summed E-state index contributed by atoms with van der Waals surface area (Å²) in [6, 6.07) is 7.97. The zero-order chi connectivity index (χ0) is 22.0. The van der Waals surface area contributed by atoms with E-state index in [-0.39, 0.29) is 17.4 Å². The normalized spacial score (nSPS) is 19.0. The number of aryl methyl sites for hydroxylation is 1. The summed E-state index contributed by atoms with van der Waals surface area (Å²) < 4.78 is 0. The molecule has 1 atom stereocenters. The van der Waals surface area contributed by atoms with E-state index >= 15 is 0 Å². The molecule has 1 amide bonds. The number of nitrogens with zero attached hydrogens (tertiary/aromatic N) is 4. The van der Waals surface area contributed by atoms with Crippen LogP contribution in [-0.2, 0) is 16.8 Å². The van der Waals surface area contributed by atoms with Crippen molar-refractivity contribution in [3.8, 4) is 10.7 Å². The number of carbonyl (C=O) groups is 1. The number of amides is 1. The zero-order valence-electron chi connectivity index (χ0n) is 18.1. The van der Waals surface area contributed by atoms with Gasteiger partial charge in [-0.1, -0.05) is 12.5 Å². The molecule has 5 rings (SSSR count). The quantitative estimate of drug-likeness (QED) is 0.486. The fourth-order valence-corrected chi connectivity index (χ4v) is 5.08. The molecule has 0 bridgehead atoms. The minimum atomic E-state index is -0.0473. The van der Waals surface area contributed by atoms with E-state index in [2.05, 4.69) is 49.1 Å². The van der Waals surface area contributed by atoms with E-state index in [0.29, 0.717) is 6.54 Å². The average Bonchev–Trinajstić information content (AvgIpc) is 3.21. The van der Waals surface area contributed by atoms with Gasteiger partial charge in [-0.25, -0.2) is 4.98 Å². The lowest BCUT2D eigenvalue weighted by Crippen LogP contribution is -2.52. The van der Waals surface area contributed by atoms with Crippen LogP contribution < -0.4 is 16.0 Å². The predicted octanol–water partition coefficient (Wildman–Crippen LogP) is 2.82. The van der Waals surface area contributed by atoms with Gasteiger partial charge < -0.3 is 16.0 Å². The number of pyridine rings is 1. The lowest BCUT2D eigenvalue weighted by Gasteiger charge is -2.42. The highest BCUT2D eigenvalue weighted by atomic mass is 32.1. The molecular weight excluding hydrogens is 422 g/mol. The molecule has 0 aromatic carbocycles. The lowest BCUT2D eigenvalue weighted by molar-refractivity contribution is -0.124. The van der Waals surface area contributed by atoms with Gasteiger partial charge >= 0.3 is 0 Å². The molecule has 0 radical (unpaired) electrons. The topological polar surface area (TPSA) is 105 Å². The highest BCUT2D eigenvalue weighted by molar-refractivity contribution is 7.15. The Labute approximate surface area is 191 Å². The third-order valence-corrected chi connectivity index (χ3v) is 7.46. The summed E-state index contributed by atoms with van der Waals surface area (Å²) in [5.74, 6) is 0.803. The van der Waals surface area contributed by atoms with Crippen LogP contribution >= 0.6 is 11.3 Å². The summed E-state index contributed by atoms with van der Waals surface area (Å²) in [6.45, 7) is 4.33. The average molecular weight is 450 g/mol. The first-order valence-electron chi connectivity index (χ1n) is 11.1. The second-order valence-electron chi connectivity index (χ2n) is 8.61. The van der Waals surface area contributed by atoms with Gasteiger partial charge in [-0.2, -0.15) is 0 Å². The minimum Gasteiger partial charge on any atom is -0.368 e. The van der Waals surface area contributed by atoms with Crippen molar-refractivity contribution in [1.82, 2.24) is 30.8 Å². The summed E-state index contributed by atoms with van der Waals surface area (Å²) in [5, 5.41) is 19.1. The van der Waals surface area contributed by atoms with Crippen LogP contribution in [0.2, 0.25) is 0 Å². The Hall–Kier alpha value is -2.91. The number of carbonyl (C=O) groups excluding carboxylic acids is 1. The highest BCUT2D eigenvalue weighted by Crippen LogP contribution is 2.44. The molecule has 1 aliphatic heterocycles. The molecule has 9 heteroatoms. The molecule has 1 saturated carbocycles. The Bertz CT molecular complexity index is 1090. The number of hydrogen-bond donors (Lipinski definition) is 3. The maximum atomic E-state index is 12.0. The second-order valence-corrected chi connectivity index (χ2v) is 9.72. The summed E-state index contributed by atoms with van der Waals surface area (Å²) in [7, 11) is 0. The van der Waals surface area contributed by atoms with Crippen molar-refractivity contribution in [2.75, 3.05) is 18.4 Å². The molecule has 8 nitrogen and oxygen atoms in total. The van der Waals surface area contributed by atoms with Crippen LogP contribution in [0, 0.1) is 6.92 Å². The van der Waals surface area contributed by atoms with Crippen molar-refractivity contribution >= 4 is 23.1 Å². The van der Waals surface area contributed by atoms with Crippen LogP contribution in [0.5, 0.6) is 0 Å². The van der Waals surface area contributed by atoms with Gasteiger partial charge in [-0.05, 0) is 56.5 Å². The van der Waals surface area contributed by atoms with Crippen LogP contribution in [0.15, 0.2) is 36.7 Å². The van der Waals surface area contributed by atoms with Gasteiger partial charge in [0.1, 0.15) is 16.5 Å². The van der Waals surface area contributed by atoms with Crippen LogP contribution in [0.25, 0.3) is 10.7 Å². The molecule has 1 saturated heterocycles. The van der Waals surface area contributed by atoms with Crippen LogP contribution in [0.4, 0.5) is 5.82 Å². The number of aromatic nitrogens is 4. The Balaban J connectivity index is 1.19. The van der Waals surface area contributed by atoms with Crippen molar-refractivity contribution in [1.29, 1.82) is 0 Å². The summed E-state index contributed by atoms with van der Waals surface area (Å²) in [6.07, 6.45) is 8.08. The van der Waals surface area contributed by atoms with E-state index < -0.39 is 0 Å². The molecular formula is C23H27N7OS. The minimum absolute atomic E-state index is 0.0473. The monoisotopic (exact) mass is 449 g/mol. The Kier molecular flexibility index (Phi) is 5.84. The fraction of sp³-hybridized carbons (Fsp3) is 0.435.